The first kappa shape index (κ1) is 16.3. The number of carbonyl (C=O) groups excluding carboxylic acids is 2. The minimum absolute atomic E-state index is 0.00459. The summed E-state index contributed by atoms with van der Waals surface area (Å²) in [5, 5.41) is 11.9. The van der Waals surface area contributed by atoms with Gasteiger partial charge in [0.15, 0.2) is 0 Å². The number of nitrogens with zero attached hydrogens (tertiary/aromatic N) is 2. The molecule has 0 spiro atoms. The fourth-order valence-corrected chi connectivity index (χ4v) is 2.32. The lowest BCUT2D eigenvalue weighted by atomic mass is 10.1. The van der Waals surface area contributed by atoms with E-state index < -0.39 is 5.54 Å². The largest absolute Gasteiger partial charge is 0.394 e. The molecule has 0 atom stereocenters. The van der Waals surface area contributed by atoms with Gasteiger partial charge in [0.05, 0.1) is 12.1 Å². The zero-order chi connectivity index (χ0) is 16.3. The van der Waals surface area contributed by atoms with Crippen LogP contribution in [-0.4, -0.2) is 53.7 Å². The molecule has 0 saturated carbocycles. The van der Waals surface area contributed by atoms with E-state index in [1.165, 1.54) is 4.90 Å². The molecule has 2 N–H and O–H groups in total. The molecular formula is C16H23N3O3. The number of hydrogen-bond donors (Lipinski definition) is 2. The van der Waals surface area contributed by atoms with Gasteiger partial charge in [0.1, 0.15) is 6.54 Å². The van der Waals surface area contributed by atoms with Crippen LogP contribution in [0.5, 0.6) is 0 Å². The van der Waals surface area contributed by atoms with Crippen molar-refractivity contribution in [3.63, 3.8) is 0 Å². The molecule has 1 heterocycles. The molecule has 1 aliphatic heterocycles. The van der Waals surface area contributed by atoms with Crippen molar-refractivity contribution in [3.05, 3.63) is 29.8 Å². The molecule has 1 fully saturated rings. The Kier molecular flexibility index (Phi) is 4.71. The minimum atomic E-state index is -0.684. The molecular weight excluding hydrogens is 282 g/mol. The summed E-state index contributed by atoms with van der Waals surface area (Å²) < 4.78 is 0. The number of aryl methyl sites for hydroxylation is 1. The summed E-state index contributed by atoms with van der Waals surface area (Å²) in [5.41, 5.74) is 1.29. The fraction of sp³-hybridized carbons (Fsp3) is 0.500. The molecule has 2 rings (SSSR count). The monoisotopic (exact) mass is 305 g/mol. The fourth-order valence-electron chi connectivity index (χ4n) is 2.32. The number of rotatable bonds is 5. The summed E-state index contributed by atoms with van der Waals surface area (Å²) in [6, 6.07) is 7.57. The number of benzene rings is 1. The number of nitrogens with one attached hydrogen (secondary N) is 1. The van der Waals surface area contributed by atoms with Crippen LogP contribution in [0.15, 0.2) is 24.3 Å². The van der Waals surface area contributed by atoms with Crippen molar-refractivity contribution >= 4 is 17.6 Å². The number of aliphatic hydroxyl groups is 1. The van der Waals surface area contributed by atoms with Gasteiger partial charge in [0.25, 0.3) is 0 Å². The molecule has 1 aromatic carbocycles. The third-order valence-electron chi connectivity index (χ3n) is 3.65. The Morgan fingerprint density at radius 1 is 1.27 bits per heavy atom. The van der Waals surface area contributed by atoms with E-state index in [1.54, 1.807) is 18.7 Å². The first-order valence-electron chi connectivity index (χ1n) is 7.37. The lowest BCUT2D eigenvalue weighted by Crippen LogP contribution is -2.50. The average Bonchev–Trinajstić information content (AvgIpc) is 2.81. The van der Waals surface area contributed by atoms with Crippen molar-refractivity contribution in [1.29, 1.82) is 0 Å². The summed E-state index contributed by atoms with van der Waals surface area (Å²) >= 11 is 0. The zero-order valence-electron chi connectivity index (χ0n) is 13.3. The van der Waals surface area contributed by atoms with Crippen LogP contribution < -0.4 is 10.2 Å². The van der Waals surface area contributed by atoms with Crippen molar-refractivity contribution in [3.8, 4) is 0 Å². The van der Waals surface area contributed by atoms with Crippen molar-refractivity contribution < 1.29 is 14.7 Å². The van der Waals surface area contributed by atoms with Crippen molar-refractivity contribution in [2.45, 2.75) is 26.3 Å². The molecule has 0 bridgehead atoms. The van der Waals surface area contributed by atoms with Gasteiger partial charge in [-0.1, -0.05) is 17.7 Å². The van der Waals surface area contributed by atoms with Crippen molar-refractivity contribution in [2.24, 2.45) is 0 Å². The Morgan fingerprint density at radius 2 is 1.91 bits per heavy atom. The van der Waals surface area contributed by atoms with Crippen LogP contribution in [0.4, 0.5) is 10.5 Å². The minimum Gasteiger partial charge on any atom is -0.394 e. The summed E-state index contributed by atoms with van der Waals surface area (Å²) in [7, 11) is 0. The second kappa shape index (κ2) is 6.36. The molecule has 6 nitrogen and oxygen atoms in total. The maximum atomic E-state index is 12.4. The Hall–Kier alpha value is -2.08. The molecule has 0 aliphatic carbocycles. The van der Waals surface area contributed by atoms with Crippen LogP contribution in [0, 0.1) is 6.92 Å². The Morgan fingerprint density at radius 3 is 2.50 bits per heavy atom. The van der Waals surface area contributed by atoms with Gasteiger partial charge >= 0.3 is 6.03 Å². The third-order valence-corrected chi connectivity index (χ3v) is 3.65. The van der Waals surface area contributed by atoms with Gasteiger partial charge in [-0.05, 0) is 32.9 Å². The molecule has 22 heavy (non-hydrogen) atoms. The van der Waals surface area contributed by atoms with Crippen LogP contribution in [0.3, 0.4) is 0 Å². The summed E-state index contributed by atoms with van der Waals surface area (Å²) in [6.07, 6.45) is 0. The van der Waals surface area contributed by atoms with Crippen LogP contribution in [0.1, 0.15) is 19.4 Å². The van der Waals surface area contributed by atoms with Crippen molar-refractivity contribution in [2.75, 3.05) is 31.1 Å². The van der Waals surface area contributed by atoms with E-state index in [9.17, 15) is 9.59 Å². The van der Waals surface area contributed by atoms with Crippen LogP contribution in [0.2, 0.25) is 0 Å². The maximum Gasteiger partial charge on any atom is 0.325 e. The van der Waals surface area contributed by atoms with Gasteiger partial charge in [0.2, 0.25) is 5.91 Å². The molecule has 0 unspecified atom stereocenters. The zero-order valence-corrected chi connectivity index (χ0v) is 13.3. The highest BCUT2D eigenvalue weighted by atomic mass is 16.3. The topological polar surface area (TPSA) is 72.9 Å². The second-order valence-electron chi connectivity index (χ2n) is 6.28. The molecule has 1 aliphatic rings. The van der Waals surface area contributed by atoms with Crippen LogP contribution in [0.25, 0.3) is 0 Å². The predicted octanol–water partition coefficient (Wildman–Crippen LogP) is 1.12. The van der Waals surface area contributed by atoms with E-state index in [-0.39, 0.29) is 25.1 Å². The number of aliphatic hydroxyl groups excluding tert-OH is 1. The maximum absolute atomic E-state index is 12.4. The van der Waals surface area contributed by atoms with Crippen molar-refractivity contribution in [1.82, 2.24) is 10.2 Å². The molecule has 1 saturated heterocycles. The molecule has 0 radical (unpaired) electrons. The van der Waals surface area contributed by atoms with Crippen LogP contribution in [-0.2, 0) is 4.79 Å². The lowest BCUT2D eigenvalue weighted by Gasteiger charge is -2.25. The highest BCUT2D eigenvalue weighted by Crippen LogP contribution is 2.20. The normalized spacial score (nSPS) is 15.4. The molecule has 120 valence electrons. The highest BCUT2D eigenvalue weighted by Gasteiger charge is 2.31. The summed E-state index contributed by atoms with van der Waals surface area (Å²) in [5.74, 6) is -0.266. The number of anilines is 1. The third kappa shape index (κ3) is 3.76. The Balaban J connectivity index is 1.97. The summed E-state index contributed by atoms with van der Waals surface area (Å²) in [6.45, 7) is 6.39. The standard InChI is InChI=1S/C16H23N3O3/c1-12-4-6-13(7-5-12)19-9-8-18(15(19)22)10-14(21)17-16(2,3)11-20/h4-7,20H,8-11H2,1-3H3,(H,17,21). The van der Waals surface area contributed by atoms with Gasteiger partial charge in [0, 0.05) is 18.8 Å². The lowest BCUT2D eigenvalue weighted by molar-refractivity contribution is -0.123. The Bertz CT molecular complexity index is 554. The SMILES string of the molecule is Cc1ccc(N2CCN(CC(=O)NC(C)(C)CO)C2=O)cc1. The van der Waals surface area contributed by atoms with Gasteiger partial charge in [-0.25, -0.2) is 4.79 Å². The quantitative estimate of drug-likeness (QED) is 0.856. The number of hydrogen-bond acceptors (Lipinski definition) is 3. The van der Waals surface area contributed by atoms with Gasteiger partial charge in [-0.15, -0.1) is 0 Å². The van der Waals surface area contributed by atoms with E-state index in [0.29, 0.717) is 13.1 Å². The second-order valence-corrected chi connectivity index (χ2v) is 6.28. The Labute approximate surface area is 130 Å². The average molecular weight is 305 g/mol. The number of carbonyl (C=O) groups is 2. The van der Waals surface area contributed by atoms with E-state index >= 15 is 0 Å². The number of amides is 3. The van der Waals surface area contributed by atoms with Gasteiger partial charge in [-0.2, -0.15) is 0 Å². The van der Waals surface area contributed by atoms with Crippen LogP contribution >= 0.6 is 0 Å². The van der Waals surface area contributed by atoms with E-state index in [2.05, 4.69) is 5.32 Å². The van der Waals surface area contributed by atoms with E-state index in [1.807, 2.05) is 31.2 Å². The summed E-state index contributed by atoms with van der Waals surface area (Å²) in [4.78, 5) is 27.5. The van der Waals surface area contributed by atoms with Gasteiger partial charge < -0.3 is 15.3 Å². The van der Waals surface area contributed by atoms with Gasteiger partial charge in [-0.3, -0.25) is 9.69 Å². The van der Waals surface area contributed by atoms with E-state index in [0.717, 1.165) is 11.3 Å². The predicted molar refractivity (Wildman–Crippen MR) is 84.8 cm³/mol. The first-order valence-corrected chi connectivity index (χ1v) is 7.37. The molecule has 6 heteroatoms. The smallest absolute Gasteiger partial charge is 0.325 e. The molecule has 0 aromatic heterocycles. The molecule has 3 amide bonds. The molecule has 1 aromatic rings. The number of urea groups is 1. The van der Waals surface area contributed by atoms with E-state index in [4.69, 9.17) is 5.11 Å². The first-order chi connectivity index (χ1) is 10.3. The highest BCUT2D eigenvalue weighted by molar-refractivity contribution is 5.96.